The molecular weight excluding hydrogens is 243 g/mol. The first-order valence-corrected chi connectivity index (χ1v) is 6.00. The fourth-order valence-electron chi connectivity index (χ4n) is 2.09. The van der Waals surface area contributed by atoms with Gasteiger partial charge in [-0.05, 0) is 24.6 Å². The molecule has 19 heavy (non-hydrogen) atoms. The van der Waals surface area contributed by atoms with Crippen LogP contribution in [0.5, 0.6) is 0 Å². The number of hydrogen-bond acceptors (Lipinski definition) is 3. The lowest BCUT2D eigenvalue weighted by molar-refractivity contribution is 0.594. The van der Waals surface area contributed by atoms with Gasteiger partial charge in [-0.3, -0.25) is 0 Å². The molecule has 96 valence electrons. The van der Waals surface area contributed by atoms with E-state index in [1.54, 1.807) is 42.2 Å². The van der Waals surface area contributed by atoms with E-state index in [2.05, 4.69) is 10.1 Å². The van der Waals surface area contributed by atoms with Crippen molar-refractivity contribution < 1.29 is 4.39 Å². The smallest absolute Gasteiger partial charge is 0.162 e. The summed E-state index contributed by atoms with van der Waals surface area (Å²) in [6, 6.07) is 6.50. The van der Waals surface area contributed by atoms with Gasteiger partial charge in [0, 0.05) is 29.6 Å². The summed E-state index contributed by atoms with van der Waals surface area (Å²) in [6.45, 7) is 1.76. The summed E-state index contributed by atoms with van der Waals surface area (Å²) in [4.78, 5) is 4.26. The maximum absolute atomic E-state index is 14.0. The third-order valence-electron chi connectivity index (χ3n) is 3.08. The zero-order chi connectivity index (χ0) is 13.4. The van der Waals surface area contributed by atoms with Gasteiger partial charge in [0.15, 0.2) is 5.65 Å². The summed E-state index contributed by atoms with van der Waals surface area (Å²) < 4.78 is 15.6. The largest absolute Gasteiger partial charge is 0.324 e. The highest BCUT2D eigenvalue weighted by Crippen LogP contribution is 2.26. The molecule has 2 heterocycles. The zero-order valence-corrected chi connectivity index (χ0v) is 10.4. The van der Waals surface area contributed by atoms with Crippen LogP contribution in [0.3, 0.4) is 0 Å². The number of hydrogen-bond donors (Lipinski definition) is 1. The van der Waals surface area contributed by atoms with Gasteiger partial charge in [-0.1, -0.05) is 12.1 Å². The number of fused-ring (bicyclic) bond motifs is 1. The number of nitrogens with zero attached hydrogens (tertiary/aromatic N) is 3. The number of benzene rings is 1. The van der Waals surface area contributed by atoms with E-state index in [1.165, 1.54) is 6.07 Å². The van der Waals surface area contributed by atoms with Crippen LogP contribution in [0.15, 0.2) is 42.9 Å². The maximum atomic E-state index is 14.0. The lowest BCUT2D eigenvalue weighted by Crippen LogP contribution is -2.07. The first kappa shape index (κ1) is 11.8. The molecular formula is C14H13FN4. The van der Waals surface area contributed by atoms with Crippen molar-refractivity contribution >= 4 is 5.65 Å². The molecule has 0 aliphatic rings. The molecule has 0 aliphatic carbocycles. The van der Waals surface area contributed by atoms with E-state index < -0.39 is 0 Å². The second kappa shape index (κ2) is 4.44. The standard InChI is InChI=1S/C14H13FN4/c1-9(16)11-4-3-10(7-13(11)15)12-8-18-19-6-2-5-17-14(12)19/h2-9H,16H2,1H3. The molecule has 2 N–H and O–H groups in total. The Labute approximate surface area is 109 Å². The summed E-state index contributed by atoms with van der Waals surface area (Å²) in [5, 5.41) is 4.19. The van der Waals surface area contributed by atoms with Crippen LogP contribution in [0.1, 0.15) is 18.5 Å². The highest BCUT2D eigenvalue weighted by Gasteiger charge is 2.12. The molecule has 2 aromatic heterocycles. The van der Waals surface area contributed by atoms with E-state index in [1.807, 2.05) is 6.07 Å². The zero-order valence-electron chi connectivity index (χ0n) is 10.4. The Kier molecular flexibility index (Phi) is 2.76. The van der Waals surface area contributed by atoms with Crippen LogP contribution < -0.4 is 5.73 Å². The van der Waals surface area contributed by atoms with Gasteiger partial charge in [-0.2, -0.15) is 5.10 Å². The quantitative estimate of drug-likeness (QED) is 0.766. The van der Waals surface area contributed by atoms with E-state index >= 15 is 0 Å². The molecule has 1 aromatic carbocycles. The lowest BCUT2D eigenvalue weighted by Gasteiger charge is -2.08. The Morgan fingerprint density at radius 2 is 2.21 bits per heavy atom. The van der Waals surface area contributed by atoms with E-state index in [9.17, 15) is 4.39 Å². The highest BCUT2D eigenvalue weighted by atomic mass is 19.1. The number of nitrogens with two attached hydrogens (primary N) is 1. The second-order valence-corrected chi connectivity index (χ2v) is 4.47. The Balaban J connectivity index is 2.14. The lowest BCUT2D eigenvalue weighted by atomic mass is 10.0. The molecule has 4 nitrogen and oxygen atoms in total. The first-order chi connectivity index (χ1) is 9.16. The van der Waals surface area contributed by atoms with Gasteiger partial charge in [-0.15, -0.1) is 0 Å². The Morgan fingerprint density at radius 3 is 2.95 bits per heavy atom. The highest BCUT2D eigenvalue weighted by molar-refractivity contribution is 5.76. The molecule has 0 aliphatic heterocycles. The molecule has 0 radical (unpaired) electrons. The fraction of sp³-hybridized carbons (Fsp3) is 0.143. The maximum Gasteiger partial charge on any atom is 0.162 e. The van der Waals surface area contributed by atoms with Gasteiger partial charge < -0.3 is 5.73 Å². The minimum Gasteiger partial charge on any atom is -0.324 e. The third-order valence-corrected chi connectivity index (χ3v) is 3.08. The predicted octanol–water partition coefficient (Wildman–Crippen LogP) is 2.56. The van der Waals surface area contributed by atoms with Crippen molar-refractivity contribution in [3.8, 4) is 11.1 Å². The predicted molar refractivity (Wildman–Crippen MR) is 71.0 cm³/mol. The number of halogens is 1. The second-order valence-electron chi connectivity index (χ2n) is 4.47. The Hall–Kier alpha value is -2.27. The van der Waals surface area contributed by atoms with Gasteiger partial charge in [-0.25, -0.2) is 13.9 Å². The van der Waals surface area contributed by atoms with Crippen LogP contribution in [0.4, 0.5) is 4.39 Å². The van der Waals surface area contributed by atoms with Crippen LogP contribution in [-0.4, -0.2) is 14.6 Å². The van der Waals surface area contributed by atoms with Crippen LogP contribution in [0.25, 0.3) is 16.8 Å². The van der Waals surface area contributed by atoms with Crippen LogP contribution in [0.2, 0.25) is 0 Å². The van der Waals surface area contributed by atoms with Crippen molar-refractivity contribution in [2.75, 3.05) is 0 Å². The fourth-order valence-corrected chi connectivity index (χ4v) is 2.09. The van der Waals surface area contributed by atoms with Gasteiger partial charge >= 0.3 is 0 Å². The van der Waals surface area contributed by atoms with Crippen molar-refractivity contribution in [1.82, 2.24) is 14.6 Å². The van der Waals surface area contributed by atoms with Gasteiger partial charge in [0.1, 0.15) is 5.82 Å². The van der Waals surface area contributed by atoms with E-state index in [0.717, 1.165) is 11.1 Å². The Morgan fingerprint density at radius 1 is 1.37 bits per heavy atom. The van der Waals surface area contributed by atoms with E-state index in [0.29, 0.717) is 11.2 Å². The summed E-state index contributed by atoms with van der Waals surface area (Å²) in [7, 11) is 0. The summed E-state index contributed by atoms with van der Waals surface area (Å²) in [5.74, 6) is -0.303. The van der Waals surface area contributed by atoms with Gasteiger partial charge in [0.05, 0.1) is 6.20 Å². The minimum atomic E-state index is -0.323. The molecule has 3 aromatic rings. The van der Waals surface area contributed by atoms with Gasteiger partial charge in [0.2, 0.25) is 0 Å². The Bertz CT molecular complexity index is 733. The number of aromatic nitrogens is 3. The normalized spacial score (nSPS) is 12.8. The average Bonchev–Trinajstić information content (AvgIpc) is 2.82. The third kappa shape index (κ3) is 1.98. The van der Waals surface area contributed by atoms with Crippen LogP contribution in [0, 0.1) is 5.82 Å². The number of rotatable bonds is 2. The van der Waals surface area contributed by atoms with E-state index in [4.69, 9.17) is 5.73 Å². The monoisotopic (exact) mass is 256 g/mol. The van der Waals surface area contributed by atoms with Crippen molar-refractivity contribution in [3.63, 3.8) is 0 Å². The van der Waals surface area contributed by atoms with Crippen LogP contribution >= 0.6 is 0 Å². The molecule has 5 heteroatoms. The SMILES string of the molecule is CC(N)c1ccc(-c2cnn3cccnc23)cc1F. The molecule has 0 saturated carbocycles. The molecule has 0 fully saturated rings. The minimum absolute atomic E-state index is 0.303. The topological polar surface area (TPSA) is 56.2 Å². The van der Waals surface area contributed by atoms with Crippen molar-refractivity contribution in [1.29, 1.82) is 0 Å². The van der Waals surface area contributed by atoms with Crippen LogP contribution in [-0.2, 0) is 0 Å². The first-order valence-electron chi connectivity index (χ1n) is 6.00. The molecule has 3 rings (SSSR count). The molecule has 0 saturated heterocycles. The summed E-state index contributed by atoms with van der Waals surface area (Å²) in [6.07, 6.45) is 5.17. The van der Waals surface area contributed by atoms with Crippen molar-refractivity contribution in [2.45, 2.75) is 13.0 Å². The molecule has 0 spiro atoms. The molecule has 0 bridgehead atoms. The van der Waals surface area contributed by atoms with Crippen molar-refractivity contribution in [2.24, 2.45) is 5.73 Å². The molecule has 1 atom stereocenters. The molecule has 1 unspecified atom stereocenters. The van der Waals surface area contributed by atoms with Crippen molar-refractivity contribution in [3.05, 3.63) is 54.2 Å². The molecule has 0 amide bonds. The van der Waals surface area contributed by atoms with Gasteiger partial charge in [0.25, 0.3) is 0 Å². The van der Waals surface area contributed by atoms with E-state index in [-0.39, 0.29) is 11.9 Å². The summed E-state index contributed by atoms with van der Waals surface area (Å²) in [5.41, 5.74) is 8.46. The summed E-state index contributed by atoms with van der Waals surface area (Å²) >= 11 is 0. The average molecular weight is 256 g/mol.